The second-order valence-corrected chi connectivity index (χ2v) is 7.32. The Bertz CT molecular complexity index is 754. The number of benzene rings is 2. The van der Waals surface area contributed by atoms with Crippen LogP contribution in [0.25, 0.3) is 0 Å². The zero-order valence-electron chi connectivity index (χ0n) is 17.2. The highest BCUT2D eigenvalue weighted by Crippen LogP contribution is 2.32. The van der Waals surface area contributed by atoms with Crippen LogP contribution in [0.4, 0.5) is 0 Å². The van der Waals surface area contributed by atoms with Crippen molar-refractivity contribution in [2.75, 3.05) is 0 Å². The van der Waals surface area contributed by atoms with Gasteiger partial charge in [0.25, 0.3) is 0 Å². The van der Waals surface area contributed by atoms with Crippen LogP contribution < -0.4 is 0 Å². The molecule has 29 heavy (non-hydrogen) atoms. The third-order valence-corrected chi connectivity index (χ3v) is 4.87. The number of ether oxygens (including phenoxy) is 2. The van der Waals surface area contributed by atoms with Crippen molar-refractivity contribution in [3.63, 3.8) is 0 Å². The molecule has 2 N–H and O–H groups in total. The third-order valence-electron chi connectivity index (χ3n) is 4.87. The molecule has 0 saturated heterocycles. The normalized spacial score (nSPS) is 13.4. The Kier molecular flexibility index (Phi) is 7.53. The first-order valence-corrected chi connectivity index (χ1v) is 9.68. The van der Waals surface area contributed by atoms with Crippen molar-refractivity contribution in [2.45, 2.75) is 58.5 Å². The van der Waals surface area contributed by atoms with Crippen LogP contribution in [-0.4, -0.2) is 34.7 Å². The summed E-state index contributed by atoms with van der Waals surface area (Å²) in [5.41, 5.74) is 2.30. The molecule has 2 unspecified atom stereocenters. The second kappa shape index (κ2) is 9.67. The average Bonchev–Trinajstić information content (AvgIpc) is 2.73. The molecule has 0 saturated carbocycles. The quantitative estimate of drug-likeness (QED) is 0.517. The number of aliphatic hydroxyl groups excluding tert-OH is 2. The molecule has 2 aromatic carbocycles. The van der Waals surface area contributed by atoms with E-state index in [1.807, 2.05) is 38.1 Å². The average molecular weight is 400 g/mol. The van der Waals surface area contributed by atoms with E-state index >= 15 is 0 Å². The van der Waals surface area contributed by atoms with Crippen LogP contribution in [0.15, 0.2) is 48.5 Å². The molecule has 2 rings (SSSR count). The Labute approximate surface area is 171 Å². The molecule has 0 radical (unpaired) electrons. The maximum Gasteiger partial charge on any atom is 0.340 e. The molecule has 6 heteroatoms. The Balaban J connectivity index is 2.15. The lowest BCUT2D eigenvalue weighted by molar-refractivity contribution is -0.0666. The number of hydrogen-bond donors (Lipinski definition) is 2. The molecule has 0 spiro atoms. The van der Waals surface area contributed by atoms with Gasteiger partial charge in [-0.15, -0.1) is 0 Å². The van der Waals surface area contributed by atoms with E-state index in [4.69, 9.17) is 9.47 Å². The number of aliphatic hydroxyl groups is 2. The van der Waals surface area contributed by atoms with Crippen LogP contribution in [0.5, 0.6) is 0 Å². The van der Waals surface area contributed by atoms with E-state index in [1.165, 1.54) is 0 Å². The Hall–Kier alpha value is -2.70. The summed E-state index contributed by atoms with van der Waals surface area (Å²) in [5, 5.41) is 18.9. The summed E-state index contributed by atoms with van der Waals surface area (Å²) < 4.78 is 9.84. The van der Waals surface area contributed by atoms with Gasteiger partial charge in [0, 0.05) is 18.3 Å². The van der Waals surface area contributed by atoms with Gasteiger partial charge >= 0.3 is 11.9 Å². The second-order valence-electron chi connectivity index (χ2n) is 7.32. The number of esters is 2. The molecule has 2 aromatic rings. The molecule has 0 aromatic heterocycles. The van der Waals surface area contributed by atoms with Gasteiger partial charge in [0.15, 0.2) is 0 Å². The first-order valence-electron chi connectivity index (χ1n) is 9.68. The van der Waals surface area contributed by atoms with Crippen molar-refractivity contribution < 1.29 is 29.3 Å². The summed E-state index contributed by atoms with van der Waals surface area (Å²) in [4.78, 5) is 24.0. The number of hydrogen-bond acceptors (Lipinski definition) is 6. The van der Waals surface area contributed by atoms with E-state index < -0.39 is 24.5 Å². The fourth-order valence-electron chi connectivity index (χ4n) is 2.76. The Morgan fingerprint density at radius 1 is 0.759 bits per heavy atom. The predicted octanol–water partition coefficient (Wildman–Crippen LogP) is 3.78. The molecule has 0 amide bonds. The summed E-state index contributed by atoms with van der Waals surface area (Å²) in [7, 11) is 0. The maximum absolute atomic E-state index is 12.0. The molecule has 6 nitrogen and oxygen atoms in total. The van der Waals surface area contributed by atoms with Crippen molar-refractivity contribution in [1.82, 2.24) is 0 Å². The zero-order chi connectivity index (χ0) is 21.6. The van der Waals surface area contributed by atoms with E-state index in [-0.39, 0.29) is 5.41 Å². The zero-order valence-corrected chi connectivity index (χ0v) is 17.2. The van der Waals surface area contributed by atoms with Gasteiger partial charge in [-0.2, -0.15) is 0 Å². The highest BCUT2D eigenvalue weighted by atomic mass is 16.6. The summed E-state index contributed by atoms with van der Waals surface area (Å²) in [6.07, 6.45) is -1.56. The van der Waals surface area contributed by atoms with Gasteiger partial charge in [-0.05, 0) is 35.4 Å². The highest BCUT2D eigenvalue weighted by molar-refractivity contribution is 5.90. The third kappa shape index (κ3) is 5.65. The monoisotopic (exact) mass is 400 g/mol. The predicted molar refractivity (Wildman–Crippen MR) is 108 cm³/mol. The molecule has 0 fully saturated rings. The Morgan fingerprint density at radius 3 is 1.34 bits per heavy atom. The minimum atomic E-state index is -1.11. The molecular weight excluding hydrogens is 372 g/mol. The molecule has 0 aliphatic rings. The smallest absolute Gasteiger partial charge is 0.340 e. The van der Waals surface area contributed by atoms with Crippen LogP contribution >= 0.6 is 0 Å². The molecular formula is C23H28O6. The largest absolute Gasteiger partial charge is 0.432 e. The van der Waals surface area contributed by atoms with Crippen LogP contribution in [0, 0.1) is 0 Å². The molecule has 0 aliphatic heterocycles. The molecule has 0 bridgehead atoms. The SMILES string of the molecule is CCC(O)OC(=O)c1ccc(C(C)(C)c2ccc(C(=O)OC(O)CC)cc2)cc1. The van der Waals surface area contributed by atoms with Crippen LogP contribution in [0.1, 0.15) is 72.4 Å². The lowest BCUT2D eigenvalue weighted by atomic mass is 9.78. The van der Waals surface area contributed by atoms with E-state index in [2.05, 4.69) is 0 Å². The van der Waals surface area contributed by atoms with Crippen molar-refractivity contribution in [2.24, 2.45) is 0 Å². The van der Waals surface area contributed by atoms with Crippen LogP contribution in [0.3, 0.4) is 0 Å². The van der Waals surface area contributed by atoms with Gasteiger partial charge in [0.2, 0.25) is 12.6 Å². The molecule has 156 valence electrons. The van der Waals surface area contributed by atoms with Crippen molar-refractivity contribution >= 4 is 11.9 Å². The van der Waals surface area contributed by atoms with E-state index in [0.29, 0.717) is 24.0 Å². The van der Waals surface area contributed by atoms with Gasteiger partial charge in [0.05, 0.1) is 11.1 Å². The minimum absolute atomic E-state index is 0.331. The number of carbonyl (C=O) groups excluding carboxylic acids is 2. The van der Waals surface area contributed by atoms with Crippen LogP contribution in [0.2, 0.25) is 0 Å². The first kappa shape index (κ1) is 22.6. The fraction of sp³-hybridized carbons (Fsp3) is 0.391. The summed E-state index contributed by atoms with van der Waals surface area (Å²) in [5.74, 6) is -1.14. The van der Waals surface area contributed by atoms with Gasteiger partial charge in [-0.1, -0.05) is 52.0 Å². The van der Waals surface area contributed by atoms with Crippen molar-refractivity contribution in [3.05, 3.63) is 70.8 Å². The highest BCUT2D eigenvalue weighted by Gasteiger charge is 2.24. The topological polar surface area (TPSA) is 93.1 Å². The van der Waals surface area contributed by atoms with Gasteiger partial charge in [-0.3, -0.25) is 0 Å². The number of rotatable bonds is 8. The molecule has 2 atom stereocenters. The lowest BCUT2D eigenvalue weighted by Crippen LogP contribution is -2.20. The van der Waals surface area contributed by atoms with Gasteiger partial charge < -0.3 is 19.7 Å². The van der Waals surface area contributed by atoms with Gasteiger partial charge in [-0.25, -0.2) is 9.59 Å². The van der Waals surface area contributed by atoms with Gasteiger partial charge in [0.1, 0.15) is 0 Å². The van der Waals surface area contributed by atoms with E-state index in [9.17, 15) is 19.8 Å². The Morgan fingerprint density at radius 2 is 1.07 bits per heavy atom. The standard InChI is InChI=1S/C23H28O6/c1-5-19(24)28-21(26)15-7-11-17(12-8-15)23(3,4)18-13-9-16(10-14-18)22(27)29-20(25)6-2/h7-14,19-20,24-25H,5-6H2,1-4H3. The molecule has 0 aliphatic carbocycles. The molecule has 0 heterocycles. The minimum Gasteiger partial charge on any atom is -0.432 e. The van der Waals surface area contributed by atoms with E-state index in [0.717, 1.165) is 11.1 Å². The fourth-order valence-corrected chi connectivity index (χ4v) is 2.76. The number of carbonyl (C=O) groups is 2. The summed E-state index contributed by atoms with van der Waals surface area (Å²) in [6, 6.07) is 14.0. The lowest BCUT2D eigenvalue weighted by Gasteiger charge is -2.26. The van der Waals surface area contributed by atoms with Crippen molar-refractivity contribution in [1.29, 1.82) is 0 Å². The van der Waals surface area contributed by atoms with Crippen LogP contribution in [-0.2, 0) is 14.9 Å². The van der Waals surface area contributed by atoms with Crippen molar-refractivity contribution in [3.8, 4) is 0 Å². The first-order chi connectivity index (χ1) is 13.7. The van der Waals surface area contributed by atoms with E-state index in [1.54, 1.807) is 38.1 Å². The summed E-state index contributed by atoms with van der Waals surface area (Å²) >= 11 is 0. The summed E-state index contributed by atoms with van der Waals surface area (Å²) in [6.45, 7) is 7.52. The maximum atomic E-state index is 12.0.